The van der Waals surface area contributed by atoms with Gasteiger partial charge in [-0.25, -0.2) is 0 Å². The molecule has 0 saturated heterocycles. The fraction of sp³-hybridized carbons (Fsp3) is 0.762. The lowest BCUT2D eigenvalue weighted by Gasteiger charge is -2.18. The molecule has 1 unspecified atom stereocenters. The van der Waals surface area contributed by atoms with Crippen molar-refractivity contribution in [3.63, 3.8) is 0 Å². The summed E-state index contributed by atoms with van der Waals surface area (Å²) in [5.74, 6) is -0.953. The van der Waals surface area contributed by atoms with Crippen molar-refractivity contribution in [1.29, 1.82) is 0 Å². The molecular weight excluding hydrogens is 853 g/mol. The summed E-state index contributed by atoms with van der Waals surface area (Å²) in [6, 6.07) is 0. The molecule has 0 aromatic carbocycles. The Hall–Kier alpha value is -3.15. The average Bonchev–Trinajstić information content (AvgIpc) is 3.35. The molecule has 0 N–H and O–H groups in total. The summed E-state index contributed by atoms with van der Waals surface area (Å²) in [5, 5.41) is 0. The first-order chi connectivity index (χ1) is 34.0. The van der Waals surface area contributed by atoms with E-state index in [1.165, 1.54) is 180 Å². The summed E-state index contributed by atoms with van der Waals surface area (Å²) >= 11 is 0. The van der Waals surface area contributed by atoms with Gasteiger partial charge >= 0.3 is 17.9 Å². The molecule has 0 saturated carbocycles. The van der Waals surface area contributed by atoms with Crippen molar-refractivity contribution in [2.24, 2.45) is 0 Å². The SMILES string of the molecule is CCCCCC=CCC=CCC=CCC=CCCCC(=O)OCC(COC(=O)CCCCCCCCCC=CCCCCCCCC)OC(=O)CCCCCCCCCC=CCCCCCCCC. The molecule has 0 spiro atoms. The number of rotatable bonds is 53. The van der Waals surface area contributed by atoms with E-state index in [0.29, 0.717) is 19.3 Å². The number of carbonyl (C=O) groups is 3. The van der Waals surface area contributed by atoms with E-state index in [-0.39, 0.29) is 37.5 Å². The van der Waals surface area contributed by atoms with Crippen molar-refractivity contribution in [1.82, 2.24) is 0 Å². The van der Waals surface area contributed by atoms with Crippen molar-refractivity contribution < 1.29 is 28.6 Å². The van der Waals surface area contributed by atoms with Crippen LogP contribution in [0.15, 0.2) is 72.9 Å². The van der Waals surface area contributed by atoms with Gasteiger partial charge in [0, 0.05) is 19.3 Å². The van der Waals surface area contributed by atoms with Gasteiger partial charge in [0.2, 0.25) is 0 Å². The maximum atomic E-state index is 12.9. The van der Waals surface area contributed by atoms with Crippen LogP contribution in [0, 0.1) is 0 Å². The quantitative estimate of drug-likeness (QED) is 0.0262. The Morgan fingerprint density at radius 2 is 0.536 bits per heavy atom. The van der Waals surface area contributed by atoms with Crippen molar-refractivity contribution in [2.75, 3.05) is 13.2 Å². The minimum absolute atomic E-state index is 0.0955. The van der Waals surface area contributed by atoms with Crippen molar-refractivity contribution in [2.45, 2.75) is 297 Å². The van der Waals surface area contributed by atoms with E-state index in [4.69, 9.17) is 14.2 Å². The molecule has 0 amide bonds. The van der Waals surface area contributed by atoms with E-state index in [9.17, 15) is 14.4 Å². The number of allylic oxidation sites excluding steroid dienone is 12. The first kappa shape index (κ1) is 65.8. The Morgan fingerprint density at radius 1 is 0.290 bits per heavy atom. The molecule has 6 heteroatoms. The van der Waals surface area contributed by atoms with Crippen molar-refractivity contribution >= 4 is 17.9 Å². The predicted octanol–water partition coefficient (Wildman–Crippen LogP) is 19.8. The Labute approximate surface area is 427 Å². The second-order valence-electron chi connectivity index (χ2n) is 19.5. The molecule has 0 radical (unpaired) electrons. The molecule has 0 aromatic rings. The monoisotopic (exact) mass is 963 g/mol. The molecule has 0 aliphatic heterocycles. The van der Waals surface area contributed by atoms with Gasteiger partial charge in [0.25, 0.3) is 0 Å². The van der Waals surface area contributed by atoms with Crippen LogP contribution in [0.25, 0.3) is 0 Å². The molecule has 1 atom stereocenters. The number of carbonyl (C=O) groups excluding carboxylic acids is 3. The highest BCUT2D eigenvalue weighted by Gasteiger charge is 2.19. The molecule has 0 bridgehead atoms. The zero-order chi connectivity index (χ0) is 50.0. The number of ether oxygens (including phenoxy) is 3. The van der Waals surface area contributed by atoms with Crippen LogP contribution in [-0.2, 0) is 28.6 Å². The number of unbranched alkanes of at least 4 members (excludes halogenated alkanes) is 30. The standard InChI is InChI=1S/C63H110O6/c1-4-7-10-13-16-19-22-25-28-31-34-37-40-43-46-49-52-55-61(64)67-58-60(69-63(66)57-54-51-48-45-42-39-36-33-30-27-24-21-18-15-12-9-6-3)59-68-62(65)56-53-50-47-44-41-38-35-32-29-26-23-20-17-14-11-8-5-2/h16,19,25-30,34,37,43,46,60H,4-15,17-18,20-24,31-33,35-36,38-42,44-45,47-59H2,1-3H3. The third kappa shape index (κ3) is 55.6. The molecular formula is C63H110O6. The summed E-state index contributed by atoms with van der Waals surface area (Å²) in [6.07, 6.45) is 73.2. The van der Waals surface area contributed by atoms with Crippen molar-refractivity contribution in [3.8, 4) is 0 Å². The summed E-state index contributed by atoms with van der Waals surface area (Å²) in [5.41, 5.74) is 0. The lowest BCUT2D eigenvalue weighted by Crippen LogP contribution is -2.30. The molecule has 0 fully saturated rings. The first-order valence-electron chi connectivity index (χ1n) is 29.4. The van der Waals surface area contributed by atoms with Crippen LogP contribution in [0.1, 0.15) is 290 Å². The normalized spacial score (nSPS) is 12.6. The van der Waals surface area contributed by atoms with Gasteiger partial charge in [-0.3, -0.25) is 14.4 Å². The van der Waals surface area contributed by atoms with Gasteiger partial charge < -0.3 is 14.2 Å². The second-order valence-corrected chi connectivity index (χ2v) is 19.5. The van der Waals surface area contributed by atoms with Crippen LogP contribution in [0.4, 0.5) is 0 Å². The number of hydrogen-bond donors (Lipinski definition) is 0. The van der Waals surface area contributed by atoms with Crippen LogP contribution in [0.3, 0.4) is 0 Å². The van der Waals surface area contributed by atoms with Gasteiger partial charge in [0.15, 0.2) is 6.10 Å². The van der Waals surface area contributed by atoms with Gasteiger partial charge in [0.1, 0.15) is 13.2 Å². The summed E-state index contributed by atoms with van der Waals surface area (Å²) in [4.78, 5) is 38.2. The minimum Gasteiger partial charge on any atom is -0.462 e. The highest BCUT2D eigenvalue weighted by atomic mass is 16.6. The Morgan fingerprint density at radius 3 is 0.913 bits per heavy atom. The van der Waals surface area contributed by atoms with Crippen LogP contribution < -0.4 is 0 Å². The molecule has 0 aliphatic carbocycles. The van der Waals surface area contributed by atoms with E-state index < -0.39 is 6.10 Å². The minimum atomic E-state index is -0.802. The number of hydrogen-bond acceptors (Lipinski definition) is 6. The van der Waals surface area contributed by atoms with Crippen LogP contribution in [0.5, 0.6) is 0 Å². The van der Waals surface area contributed by atoms with E-state index >= 15 is 0 Å². The van der Waals surface area contributed by atoms with E-state index in [1.54, 1.807) is 0 Å². The first-order valence-corrected chi connectivity index (χ1v) is 29.4. The Bertz CT molecular complexity index is 1290. The fourth-order valence-corrected chi connectivity index (χ4v) is 8.19. The smallest absolute Gasteiger partial charge is 0.306 e. The molecule has 0 heterocycles. The lowest BCUT2D eigenvalue weighted by atomic mass is 10.1. The van der Waals surface area contributed by atoms with Gasteiger partial charge in [0.05, 0.1) is 0 Å². The van der Waals surface area contributed by atoms with Crippen LogP contribution in [-0.4, -0.2) is 37.2 Å². The summed E-state index contributed by atoms with van der Waals surface area (Å²) < 4.78 is 16.8. The third-order valence-electron chi connectivity index (χ3n) is 12.7. The third-order valence-corrected chi connectivity index (χ3v) is 12.7. The maximum absolute atomic E-state index is 12.9. The Balaban J connectivity index is 4.46. The Kier molecular flexibility index (Phi) is 54.8. The highest BCUT2D eigenvalue weighted by Crippen LogP contribution is 2.15. The van der Waals surface area contributed by atoms with Crippen LogP contribution in [0.2, 0.25) is 0 Å². The van der Waals surface area contributed by atoms with Gasteiger partial charge in [-0.1, -0.05) is 235 Å². The van der Waals surface area contributed by atoms with Gasteiger partial charge in [-0.05, 0) is 109 Å². The van der Waals surface area contributed by atoms with E-state index in [2.05, 4.69) is 93.7 Å². The van der Waals surface area contributed by atoms with E-state index in [0.717, 1.165) is 64.2 Å². The topological polar surface area (TPSA) is 78.9 Å². The number of esters is 3. The fourth-order valence-electron chi connectivity index (χ4n) is 8.19. The highest BCUT2D eigenvalue weighted by molar-refractivity contribution is 5.71. The van der Waals surface area contributed by atoms with E-state index in [1.807, 2.05) is 0 Å². The molecule has 398 valence electrons. The molecule has 0 rings (SSSR count). The second kappa shape index (κ2) is 57.4. The molecule has 6 nitrogen and oxygen atoms in total. The molecule has 0 aliphatic rings. The summed E-state index contributed by atoms with van der Waals surface area (Å²) in [7, 11) is 0. The van der Waals surface area contributed by atoms with Crippen molar-refractivity contribution in [3.05, 3.63) is 72.9 Å². The molecule has 0 aromatic heterocycles. The zero-order valence-corrected chi connectivity index (χ0v) is 45.6. The van der Waals surface area contributed by atoms with Gasteiger partial charge in [-0.15, -0.1) is 0 Å². The lowest BCUT2D eigenvalue weighted by molar-refractivity contribution is -0.167. The average molecular weight is 964 g/mol. The largest absolute Gasteiger partial charge is 0.462 e. The predicted molar refractivity (Wildman–Crippen MR) is 298 cm³/mol. The maximum Gasteiger partial charge on any atom is 0.306 e. The van der Waals surface area contributed by atoms with Gasteiger partial charge in [-0.2, -0.15) is 0 Å². The summed E-state index contributed by atoms with van der Waals surface area (Å²) in [6.45, 7) is 6.57. The van der Waals surface area contributed by atoms with Crippen LogP contribution >= 0.6 is 0 Å². The molecule has 69 heavy (non-hydrogen) atoms. The zero-order valence-electron chi connectivity index (χ0n) is 45.6.